The Morgan fingerprint density at radius 2 is 2.00 bits per heavy atom. The SMILES string of the molecule is Oc1ccccc1C=Nn1c(-c2ccc(Cl)cc2Cl)n[nH]c1=S. The average Bonchev–Trinajstić information content (AvgIpc) is 2.87. The largest absolute Gasteiger partial charge is 0.507 e. The van der Waals surface area contributed by atoms with Gasteiger partial charge in [-0.2, -0.15) is 14.9 Å². The van der Waals surface area contributed by atoms with Gasteiger partial charge in [-0.1, -0.05) is 35.3 Å². The smallest absolute Gasteiger partial charge is 0.216 e. The van der Waals surface area contributed by atoms with Crippen LogP contribution < -0.4 is 0 Å². The molecular formula is C15H10Cl2N4OS. The number of benzene rings is 2. The van der Waals surface area contributed by atoms with E-state index >= 15 is 0 Å². The van der Waals surface area contributed by atoms with Crippen molar-refractivity contribution in [3.05, 3.63) is 62.8 Å². The lowest BCUT2D eigenvalue weighted by Gasteiger charge is -2.04. The third-order valence-corrected chi connectivity index (χ3v) is 3.88. The van der Waals surface area contributed by atoms with Crippen LogP contribution in [0.3, 0.4) is 0 Å². The summed E-state index contributed by atoms with van der Waals surface area (Å²) in [6.07, 6.45) is 1.49. The monoisotopic (exact) mass is 364 g/mol. The minimum atomic E-state index is 0.123. The first-order chi connectivity index (χ1) is 11.1. The van der Waals surface area contributed by atoms with Crippen LogP contribution in [0.15, 0.2) is 47.6 Å². The Morgan fingerprint density at radius 1 is 1.22 bits per heavy atom. The van der Waals surface area contributed by atoms with Crippen LogP contribution >= 0.6 is 35.4 Å². The number of aromatic amines is 1. The van der Waals surface area contributed by atoms with E-state index in [0.29, 0.717) is 31.8 Å². The summed E-state index contributed by atoms with van der Waals surface area (Å²) in [7, 11) is 0. The summed E-state index contributed by atoms with van der Waals surface area (Å²) >= 11 is 17.3. The molecule has 2 N–H and O–H groups in total. The lowest BCUT2D eigenvalue weighted by molar-refractivity contribution is 0.474. The minimum Gasteiger partial charge on any atom is -0.507 e. The maximum atomic E-state index is 9.78. The highest BCUT2D eigenvalue weighted by atomic mass is 35.5. The van der Waals surface area contributed by atoms with Crippen LogP contribution in [-0.4, -0.2) is 26.2 Å². The highest BCUT2D eigenvalue weighted by molar-refractivity contribution is 7.71. The van der Waals surface area contributed by atoms with Gasteiger partial charge in [0.2, 0.25) is 4.77 Å². The zero-order chi connectivity index (χ0) is 16.4. The number of halogens is 2. The van der Waals surface area contributed by atoms with Gasteiger partial charge in [-0.25, -0.2) is 5.10 Å². The lowest BCUT2D eigenvalue weighted by Crippen LogP contribution is -1.95. The van der Waals surface area contributed by atoms with Gasteiger partial charge in [-0.15, -0.1) is 0 Å². The van der Waals surface area contributed by atoms with Crippen LogP contribution in [0.4, 0.5) is 0 Å². The molecular weight excluding hydrogens is 355 g/mol. The Kier molecular flexibility index (Phi) is 4.47. The highest BCUT2D eigenvalue weighted by Gasteiger charge is 2.12. The summed E-state index contributed by atoms with van der Waals surface area (Å²) in [5, 5.41) is 21.9. The summed E-state index contributed by atoms with van der Waals surface area (Å²) in [5.74, 6) is 0.570. The first-order valence-electron chi connectivity index (χ1n) is 6.51. The van der Waals surface area contributed by atoms with E-state index in [4.69, 9.17) is 35.4 Å². The van der Waals surface area contributed by atoms with Gasteiger partial charge in [0, 0.05) is 16.1 Å². The van der Waals surface area contributed by atoms with E-state index in [1.165, 1.54) is 10.9 Å². The van der Waals surface area contributed by atoms with Crippen molar-refractivity contribution in [1.29, 1.82) is 0 Å². The van der Waals surface area contributed by atoms with Crippen LogP contribution in [0.1, 0.15) is 5.56 Å². The number of H-pyrrole nitrogens is 1. The van der Waals surface area contributed by atoms with Gasteiger partial charge >= 0.3 is 0 Å². The van der Waals surface area contributed by atoms with Crippen molar-refractivity contribution >= 4 is 41.6 Å². The number of hydrogen-bond acceptors (Lipinski definition) is 4. The first-order valence-corrected chi connectivity index (χ1v) is 7.68. The molecule has 1 heterocycles. The highest BCUT2D eigenvalue weighted by Crippen LogP contribution is 2.29. The molecule has 23 heavy (non-hydrogen) atoms. The Hall–Kier alpha value is -2.15. The number of hydrogen-bond donors (Lipinski definition) is 2. The number of aromatic nitrogens is 3. The number of rotatable bonds is 3. The predicted octanol–water partition coefficient (Wildman–Crippen LogP) is 4.50. The van der Waals surface area contributed by atoms with Crippen molar-refractivity contribution in [2.75, 3.05) is 0 Å². The molecule has 0 saturated carbocycles. The molecule has 3 rings (SSSR count). The standard InChI is InChI=1S/C15H10Cl2N4OS/c16-10-5-6-11(12(17)7-10)14-19-20-15(23)21(14)18-8-9-3-1-2-4-13(9)22/h1-8,22H,(H,20,23). The van der Waals surface area contributed by atoms with Gasteiger partial charge in [0.15, 0.2) is 5.82 Å². The number of nitrogens with zero attached hydrogens (tertiary/aromatic N) is 3. The number of phenolic OH excluding ortho intramolecular Hbond substituents is 1. The van der Waals surface area contributed by atoms with Crippen LogP contribution in [-0.2, 0) is 0 Å². The Labute approximate surface area is 146 Å². The van der Waals surface area contributed by atoms with Gasteiger partial charge < -0.3 is 5.11 Å². The van der Waals surface area contributed by atoms with Crippen LogP contribution in [0.5, 0.6) is 5.75 Å². The van der Waals surface area contributed by atoms with Crippen molar-refractivity contribution < 1.29 is 5.11 Å². The molecule has 0 aliphatic heterocycles. The summed E-state index contributed by atoms with van der Waals surface area (Å²) in [6.45, 7) is 0. The van der Waals surface area contributed by atoms with Gasteiger partial charge in [0.25, 0.3) is 0 Å². The van der Waals surface area contributed by atoms with E-state index < -0.39 is 0 Å². The fourth-order valence-corrected chi connectivity index (χ4v) is 2.63. The predicted molar refractivity (Wildman–Crippen MR) is 94.0 cm³/mol. The van der Waals surface area contributed by atoms with Crippen LogP contribution in [0.25, 0.3) is 11.4 Å². The molecule has 0 fully saturated rings. The summed E-state index contributed by atoms with van der Waals surface area (Å²) in [5.41, 5.74) is 1.20. The zero-order valence-electron chi connectivity index (χ0n) is 11.6. The molecule has 0 bridgehead atoms. The van der Waals surface area contributed by atoms with E-state index in [1.807, 2.05) is 0 Å². The number of phenols is 1. The molecule has 0 spiro atoms. The van der Waals surface area contributed by atoms with Crippen LogP contribution in [0, 0.1) is 4.77 Å². The molecule has 8 heteroatoms. The molecule has 0 radical (unpaired) electrons. The Bertz CT molecular complexity index is 949. The molecule has 3 aromatic rings. The minimum absolute atomic E-state index is 0.123. The first kappa shape index (κ1) is 15.7. The third-order valence-electron chi connectivity index (χ3n) is 3.07. The van der Waals surface area contributed by atoms with Crippen molar-refractivity contribution in [2.24, 2.45) is 5.10 Å². The fourth-order valence-electron chi connectivity index (χ4n) is 1.96. The summed E-state index contributed by atoms with van der Waals surface area (Å²) in [6, 6.07) is 11.9. The third kappa shape index (κ3) is 3.29. The average molecular weight is 365 g/mol. The van der Waals surface area contributed by atoms with Gasteiger partial charge in [-0.3, -0.25) is 0 Å². The molecule has 0 saturated heterocycles. The maximum absolute atomic E-state index is 9.78. The van der Waals surface area contributed by atoms with Gasteiger partial charge in [-0.05, 0) is 42.5 Å². The van der Waals surface area contributed by atoms with Gasteiger partial charge in [0.1, 0.15) is 5.75 Å². The van der Waals surface area contributed by atoms with Crippen molar-refractivity contribution in [3.8, 4) is 17.1 Å². The Balaban J connectivity index is 2.06. The quantitative estimate of drug-likeness (QED) is 0.530. The second kappa shape index (κ2) is 6.54. The molecule has 0 aliphatic rings. The normalized spacial score (nSPS) is 11.2. The summed E-state index contributed by atoms with van der Waals surface area (Å²) < 4.78 is 1.73. The Morgan fingerprint density at radius 3 is 2.74 bits per heavy atom. The molecule has 5 nitrogen and oxygen atoms in total. The molecule has 2 aromatic carbocycles. The van der Waals surface area contributed by atoms with E-state index in [-0.39, 0.29) is 5.75 Å². The van der Waals surface area contributed by atoms with Crippen molar-refractivity contribution in [2.45, 2.75) is 0 Å². The molecule has 1 aromatic heterocycles. The molecule has 116 valence electrons. The number of aromatic hydroxyl groups is 1. The second-order valence-corrected chi connectivity index (χ2v) is 5.82. The van der Waals surface area contributed by atoms with Crippen molar-refractivity contribution in [3.63, 3.8) is 0 Å². The molecule has 0 aliphatic carbocycles. The zero-order valence-corrected chi connectivity index (χ0v) is 13.9. The summed E-state index contributed by atoms with van der Waals surface area (Å²) in [4.78, 5) is 0. The second-order valence-electron chi connectivity index (χ2n) is 4.59. The van der Waals surface area contributed by atoms with Crippen molar-refractivity contribution in [1.82, 2.24) is 14.9 Å². The topological polar surface area (TPSA) is 66.2 Å². The van der Waals surface area contributed by atoms with Crippen LogP contribution in [0.2, 0.25) is 10.0 Å². The lowest BCUT2D eigenvalue weighted by atomic mass is 10.2. The van der Waals surface area contributed by atoms with E-state index in [2.05, 4.69) is 15.3 Å². The van der Waals surface area contributed by atoms with E-state index in [9.17, 15) is 5.11 Å². The van der Waals surface area contributed by atoms with Gasteiger partial charge in [0.05, 0.1) is 11.2 Å². The molecule has 0 atom stereocenters. The number of nitrogens with one attached hydrogen (secondary N) is 1. The molecule has 0 unspecified atom stereocenters. The molecule has 0 amide bonds. The number of para-hydroxylation sites is 1. The van der Waals surface area contributed by atoms with E-state index in [1.54, 1.807) is 42.5 Å². The maximum Gasteiger partial charge on any atom is 0.216 e. The fraction of sp³-hybridized carbons (Fsp3) is 0. The van der Waals surface area contributed by atoms with E-state index in [0.717, 1.165) is 0 Å².